The summed E-state index contributed by atoms with van der Waals surface area (Å²) in [5, 5.41) is 51.3. The number of aliphatic hydroxyl groups excluding tert-OH is 5. The van der Waals surface area contributed by atoms with E-state index < -0.39 is 37.5 Å². The fraction of sp³-hybridized carbons (Fsp3) is 0.500. The Morgan fingerprint density at radius 1 is 1.05 bits per heavy atom. The van der Waals surface area contributed by atoms with Gasteiger partial charge in [-0.3, -0.25) is 0 Å². The van der Waals surface area contributed by atoms with Crippen LogP contribution in [0.3, 0.4) is 0 Å². The van der Waals surface area contributed by atoms with E-state index in [2.05, 4.69) is 0 Å². The van der Waals surface area contributed by atoms with Crippen molar-refractivity contribution in [3.63, 3.8) is 0 Å². The molecule has 0 radical (unpaired) electrons. The smallest absolute Gasteiger partial charge is 0.335 e. The van der Waals surface area contributed by atoms with Gasteiger partial charge in [0.1, 0.15) is 18.3 Å². The van der Waals surface area contributed by atoms with E-state index in [1.807, 2.05) is 19.9 Å². The van der Waals surface area contributed by atoms with Crippen LogP contribution in [0.25, 0.3) is 0 Å². The van der Waals surface area contributed by atoms with Gasteiger partial charge in [-0.2, -0.15) is 0 Å². The molecule has 2 unspecified atom stereocenters. The second-order valence-corrected chi connectivity index (χ2v) is 4.54. The zero-order chi connectivity index (χ0) is 16.6. The third kappa shape index (κ3) is 6.19. The van der Waals surface area contributed by atoms with E-state index in [4.69, 9.17) is 30.6 Å². The molecule has 0 aliphatic carbocycles. The van der Waals surface area contributed by atoms with Crippen molar-refractivity contribution in [1.82, 2.24) is 0 Å². The van der Waals surface area contributed by atoms with Crippen LogP contribution in [0, 0.1) is 13.8 Å². The van der Waals surface area contributed by atoms with Crippen molar-refractivity contribution < 1.29 is 35.4 Å². The lowest BCUT2D eigenvalue weighted by Crippen LogP contribution is -2.41. The lowest BCUT2D eigenvalue weighted by atomic mass is 10.0. The Bertz CT molecular complexity index is 437. The maximum Gasteiger partial charge on any atom is 0.335 e. The molecular formula is C14H22O7. The lowest BCUT2D eigenvalue weighted by Gasteiger charge is -2.19. The molecule has 1 aromatic carbocycles. The summed E-state index contributed by atoms with van der Waals surface area (Å²) in [6, 6.07) is 5.28. The molecule has 0 spiro atoms. The minimum atomic E-state index is -1.49. The average molecular weight is 302 g/mol. The summed E-state index contributed by atoms with van der Waals surface area (Å²) in [5.74, 6) is -0.855. The lowest BCUT2D eigenvalue weighted by molar-refractivity contribution is -0.0900. The van der Waals surface area contributed by atoms with E-state index in [1.165, 1.54) is 0 Å². The van der Waals surface area contributed by atoms with Gasteiger partial charge in [0.15, 0.2) is 0 Å². The number of aromatic carboxylic acids is 1. The van der Waals surface area contributed by atoms with Crippen LogP contribution in [0.15, 0.2) is 18.2 Å². The monoisotopic (exact) mass is 302 g/mol. The number of rotatable bonds is 5. The van der Waals surface area contributed by atoms with Gasteiger partial charge < -0.3 is 30.6 Å². The first-order chi connectivity index (χ1) is 9.76. The van der Waals surface area contributed by atoms with Crippen molar-refractivity contribution in [2.24, 2.45) is 0 Å². The molecule has 7 heteroatoms. The number of hydrogen-bond acceptors (Lipinski definition) is 6. The molecule has 6 N–H and O–H groups in total. The van der Waals surface area contributed by atoms with E-state index in [0.717, 1.165) is 11.1 Å². The average Bonchev–Trinajstić information content (AvgIpc) is 2.47. The van der Waals surface area contributed by atoms with E-state index in [9.17, 15) is 4.79 Å². The van der Waals surface area contributed by atoms with Gasteiger partial charge in [0.2, 0.25) is 0 Å². The van der Waals surface area contributed by atoms with E-state index in [0.29, 0.717) is 5.56 Å². The summed E-state index contributed by atoms with van der Waals surface area (Å²) in [7, 11) is 0. The molecule has 0 aromatic heterocycles. The van der Waals surface area contributed by atoms with Crippen LogP contribution < -0.4 is 0 Å². The predicted octanol–water partition coefficient (Wildman–Crippen LogP) is -0.945. The molecule has 7 nitrogen and oxygen atoms in total. The highest BCUT2D eigenvalue weighted by Gasteiger charge is 2.22. The summed E-state index contributed by atoms with van der Waals surface area (Å²) < 4.78 is 0. The number of benzene rings is 1. The first-order valence-corrected chi connectivity index (χ1v) is 6.31. The van der Waals surface area contributed by atoms with Crippen molar-refractivity contribution >= 4 is 5.97 Å². The molecule has 1 aromatic rings. The van der Waals surface area contributed by atoms with Crippen molar-refractivity contribution in [2.45, 2.75) is 32.2 Å². The van der Waals surface area contributed by atoms with Gasteiger partial charge in [0.25, 0.3) is 0 Å². The maximum atomic E-state index is 10.6. The van der Waals surface area contributed by atoms with Crippen LogP contribution in [0.2, 0.25) is 0 Å². The Morgan fingerprint density at radius 2 is 1.52 bits per heavy atom. The number of aliphatic hydroxyl groups is 5. The molecule has 0 aliphatic heterocycles. The van der Waals surface area contributed by atoms with Crippen LogP contribution in [0.5, 0.6) is 0 Å². The van der Waals surface area contributed by atoms with E-state index in [-0.39, 0.29) is 0 Å². The van der Waals surface area contributed by atoms with Gasteiger partial charge in [0, 0.05) is 0 Å². The zero-order valence-corrected chi connectivity index (χ0v) is 12.0. The maximum absolute atomic E-state index is 10.6. The Hall–Kier alpha value is -1.51. The normalized spacial score (nSPS) is 14.6. The molecule has 1 rings (SSSR count). The van der Waals surface area contributed by atoms with Gasteiger partial charge >= 0.3 is 5.97 Å². The Balaban J connectivity index is 0.000000384. The highest BCUT2D eigenvalue weighted by atomic mass is 16.4. The molecule has 0 fully saturated rings. The van der Waals surface area contributed by atoms with Crippen LogP contribution in [-0.2, 0) is 0 Å². The summed E-state index contributed by atoms with van der Waals surface area (Å²) in [6.07, 6.45) is -4.29. The molecule has 120 valence electrons. The van der Waals surface area contributed by atoms with Crippen molar-refractivity contribution in [1.29, 1.82) is 0 Å². The third-order valence-corrected chi connectivity index (χ3v) is 3.00. The van der Waals surface area contributed by atoms with Crippen LogP contribution in [0.4, 0.5) is 0 Å². The molecule has 21 heavy (non-hydrogen) atoms. The highest BCUT2D eigenvalue weighted by molar-refractivity contribution is 5.89. The van der Waals surface area contributed by atoms with Gasteiger partial charge in [-0.05, 0) is 31.0 Å². The SMILES string of the molecule is Cc1cccc(C(=O)O)c1C.OCC(O)C(O)C(O)CO. The molecule has 0 heterocycles. The minimum Gasteiger partial charge on any atom is -0.478 e. The highest BCUT2D eigenvalue weighted by Crippen LogP contribution is 2.11. The van der Waals surface area contributed by atoms with Gasteiger partial charge in [-0.1, -0.05) is 12.1 Å². The Kier molecular flexibility index (Phi) is 8.75. The summed E-state index contributed by atoms with van der Waals surface area (Å²) >= 11 is 0. The van der Waals surface area contributed by atoms with Crippen molar-refractivity contribution in [2.75, 3.05) is 13.2 Å². The molecule has 0 aliphatic rings. The fourth-order valence-corrected chi connectivity index (χ4v) is 1.46. The van der Waals surface area contributed by atoms with Gasteiger partial charge in [-0.25, -0.2) is 4.79 Å². The van der Waals surface area contributed by atoms with Crippen LogP contribution >= 0.6 is 0 Å². The van der Waals surface area contributed by atoms with Crippen molar-refractivity contribution in [3.05, 3.63) is 34.9 Å². The molecule has 0 amide bonds. The van der Waals surface area contributed by atoms with Crippen LogP contribution in [-0.4, -0.2) is 68.1 Å². The number of carbonyl (C=O) groups is 1. The number of carboxylic acids is 1. The molecule has 0 saturated carbocycles. The first kappa shape index (κ1) is 19.5. The predicted molar refractivity (Wildman–Crippen MR) is 75.1 cm³/mol. The number of hydrogen-bond donors (Lipinski definition) is 6. The number of carboxylic acid groups (broad SMARTS) is 1. The summed E-state index contributed by atoms with van der Waals surface area (Å²) in [4.78, 5) is 10.6. The largest absolute Gasteiger partial charge is 0.478 e. The van der Waals surface area contributed by atoms with E-state index in [1.54, 1.807) is 12.1 Å². The standard InChI is InChI=1S/C9H10O2.C5H12O5/c1-6-4-3-5-8(7(6)2)9(10)11;6-1-3(8)5(10)4(9)2-7/h3-5H,1-2H3,(H,10,11);3-10H,1-2H2. The van der Waals surface area contributed by atoms with E-state index >= 15 is 0 Å². The molecule has 2 atom stereocenters. The second kappa shape index (κ2) is 9.43. The topological polar surface area (TPSA) is 138 Å². The molecular weight excluding hydrogens is 280 g/mol. The molecule has 0 saturated heterocycles. The Morgan fingerprint density at radius 3 is 1.86 bits per heavy atom. The number of aryl methyl sites for hydroxylation is 1. The third-order valence-electron chi connectivity index (χ3n) is 3.00. The van der Waals surface area contributed by atoms with Crippen molar-refractivity contribution in [3.8, 4) is 0 Å². The first-order valence-electron chi connectivity index (χ1n) is 6.31. The second-order valence-electron chi connectivity index (χ2n) is 4.54. The molecule has 0 bridgehead atoms. The summed E-state index contributed by atoms with van der Waals surface area (Å²) in [6.45, 7) is 2.44. The fourth-order valence-electron chi connectivity index (χ4n) is 1.46. The van der Waals surface area contributed by atoms with Gasteiger partial charge in [-0.15, -0.1) is 0 Å². The minimum absolute atomic E-state index is 0.394. The quantitative estimate of drug-likeness (QED) is 0.412. The van der Waals surface area contributed by atoms with Crippen LogP contribution in [0.1, 0.15) is 21.5 Å². The zero-order valence-electron chi connectivity index (χ0n) is 12.0. The van der Waals surface area contributed by atoms with Gasteiger partial charge in [0.05, 0.1) is 18.8 Å². The summed E-state index contributed by atoms with van der Waals surface area (Å²) in [5.41, 5.74) is 2.26. The Labute approximate surface area is 122 Å².